The number of imide groups is 1. The zero-order valence-electron chi connectivity index (χ0n) is 16.7. The number of para-hydroxylation sites is 1. The fourth-order valence-electron chi connectivity index (χ4n) is 3.07. The van der Waals surface area contributed by atoms with Gasteiger partial charge in [0.2, 0.25) is 5.91 Å². The maximum Gasteiger partial charge on any atom is 0.294 e. The lowest BCUT2D eigenvalue weighted by Crippen LogP contribution is -2.36. The molecule has 1 aliphatic rings. The summed E-state index contributed by atoms with van der Waals surface area (Å²) in [6.45, 7) is 1.48. The van der Waals surface area contributed by atoms with Gasteiger partial charge in [0.15, 0.2) is 0 Å². The van der Waals surface area contributed by atoms with Crippen molar-refractivity contribution >= 4 is 63.8 Å². The lowest BCUT2D eigenvalue weighted by Gasteiger charge is -2.13. The zero-order valence-corrected chi connectivity index (χ0v) is 19.1. The van der Waals surface area contributed by atoms with Crippen molar-refractivity contribution in [2.24, 2.45) is 0 Å². The minimum atomic E-state index is -0.557. The third kappa shape index (κ3) is 4.75. The van der Waals surface area contributed by atoms with Crippen LogP contribution < -0.4 is 5.32 Å². The van der Waals surface area contributed by atoms with Gasteiger partial charge in [-0.15, -0.1) is 0 Å². The summed E-state index contributed by atoms with van der Waals surface area (Å²) in [5, 5.41) is 3.17. The van der Waals surface area contributed by atoms with E-state index in [1.807, 2.05) is 19.1 Å². The van der Waals surface area contributed by atoms with E-state index in [0.29, 0.717) is 32.8 Å². The highest BCUT2D eigenvalue weighted by Gasteiger charge is 2.36. The number of hydrogen-bond acceptors (Lipinski definition) is 5. The second-order valence-electron chi connectivity index (χ2n) is 6.96. The summed E-state index contributed by atoms with van der Waals surface area (Å²) in [5.41, 5.74) is 2.12. The molecule has 2 aromatic carbocycles. The molecule has 0 saturated carbocycles. The van der Waals surface area contributed by atoms with Gasteiger partial charge in [0.05, 0.1) is 9.93 Å². The monoisotopic (exact) mass is 486 g/mol. The number of carbonyl (C=O) groups is 3. The molecule has 0 aliphatic carbocycles. The Morgan fingerprint density at radius 3 is 2.69 bits per heavy atom. The number of halogens is 2. The second kappa shape index (κ2) is 9.24. The number of thioether (sulfide) groups is 1. The van der Waals surface area contributed by atoms with Gasteiger partial charge >= 0.3 is 0 Å². The van der Waals surface area contributed by atoms with E-state index in [4.69, 9.17) is 27.6 Å². The number of aryl methyl sites for hydroxylation is 1. The van der Waals surface area contributed by atoms with Crippen LogP contribution >= 0.6 is 35.0 Å². The van der Waals surface area contributed by atoms with Crippen molar-refractivity contribution in [3.8, 4) is 11.3 Å². The molecule has 1 saturated heterocycles. The fourth-order valence-corrected chi connectivity index (χ4v) is 4.27. The highest BCUT2D eigenvalue weighted by Crippen LogP contribution is 2.35. The van der Waals surface area contributed by atoms with Crippen LogP contribution in [-0.4, -0.2) is 28.5 Å². The molecule has 6 nitrogen and oxygen atoms in total. The van der Waals surface area contributed by atoms with E-state index in [2.05, 4.69) is 5.32 Å². The minimum absolute atomic E-state index is 0.164. The van der Waals surface area contributed by atoms with Gasteiger partial charge in [-0.25, -0.2) is 0 Å². The predicted octanol–water partition coefficient (Wildman–Crippen LogP) is 6.24. The maximum absolute atomic E-state index is 12.7. The van der Waals surface area contributed by atoms with Gasteiger partial charge in [-0.3, -0.25) is 19.3 Å². The van der Waals surface area contributed by atoms with E-state index in [-0.39, 0.29) is 11.4 Å². The van der Waals surface area contributed by atoms with Crippen LogP contribution in [0.25, 0.3) is 17.4 Å². The van der Waals surface area contributed by atoms with Crippen molar-refractivity contribution in [2.75, 3.05) is 11.9 Å². The SMILES string of the molecule is Cc1ccccc1NC(=O)CN1C(=O)S/C(=C/c2ccc(-c3cc(Cl)ccc3Cl)o2)C1=O. The van der Waals surface area contributed by atoms with E-state index in [0.717, 1.165) is 22.2 Å². The van der Waals surface area contributed by atoms with Crippen LogP contribution in [-0.2, 0) is 9.59 Å². The number of furan rings is 1. The molecule has 32 heavy (non-hydrogen) atoms. The summed E-state index contributed by atoms with van der Waals surface area (Å²) in [6, 6.07) is 15.6. The normalized spacial score (nSPS) is 15.0. The van der Waals surface area contributed by atoms with Gasteiger partial charge < -0.3 is 9.73 Å². The maximum atomic E-state index is 12.7. The molecule has 9 heteroatoms. The molecule has 0 bridgehead atoms. The quantitative estimate of drug-likeness (QED) is 0.431. The Morgan fingerprint density at radius 1 is 1.12 bits per heavy atom. The molecule has 162 valence electrons. The average molecular weight is 487 g/mol. The van der Waals surface area contributed by atoms with Crippen LogP contribution in [0.1, 0.15) is 11.3 Å². The second-order valence-corrected chi connectivity index (χ2v) is 8.79. The number of nitrogens with zero attached hydrogens (tertiary/aromatic N) is 1. The van der Waals surface area contributed by atoms with Crippen LogP contribution in [0.2, 0.25) is 10.0 Å². The first-order valence-electron chi connectivity index (χ1n) is 9.48. The van der Waals surface area contributed by atoms with Crippen LogP contribution in [0.5, 0.6) is 0 Å². The number of rotatable bonds is 5. The summed E-state index contributed by atoms with van der Waals surface area (Å²) >= 11 is 13.0. The fraction of sp³-hybridized carbons (Fsp3) is 0.0870. The molecule has 0 atom stereocenters. The number of anilines is 1. The third-order valence-corrected chi connectivity index (χ3v) is 6.16. The zero-order chi connectivity index (χ0) is 22.8. The Labute approximate surface area is 198 Å². The molecule has 0 unspecified atom stereocenters. The van der Waals surface area contributed by atoms with E-state index < -0.39 is 17.1 Å². The molecule has 3 aromatic rings. The largest absolute Gasteiger partial charge is 0.457 e. The van der Waals surface area contributed by atoms with Crippen molar-refractivity contribution in [1.82, 2.24) is 4.90 Å². The number of hydrogen-bond donors (Lipinski definition) is 1. The number of benzene rings is 2. The topological polar surface area (TPSA) is 79.6 Å². The molecular weight excluding hydrogens is 471 g/mol. The molecule has 4 rings (SSSR count). The number of nitrogens with one attached hydrogen (secondary N) is 1. The van der Waals surface area contributed by atoms with Crippen molar-refractivity contribution < 1.29 is 18.8 Å². The van der Waals surface area contributed by atoms with E-state index in [1.54, 1.807) is 42.5 Å². The molecule has 1 fully saturated rings. The molecule has 1 aliphatic heterocycles. The van der Waals surface area contributed by atoms with Crippen molar-refractivity contribution in [3.05, 3.63) is 80.9 Å². The Hall–Kier alpha value is -3.00. The Balaban J connectivity index is 1.48. The molecule has 2 heterocycles. The standard InChI is InChI=1S/C23H16Cl2N2O4S/c1-13-4-2-3-5-18(13)26-21(28)12-27-22(29)20(32-23(27)30)11-15-7-9-19(31-15)16-10-14(24)6-8-17(16)25/h2-11H,12H2,1H3,(H,26,28)/b20-11+. The van der Waals surface area contributed by atoms with Crippen LogP contribution in [0.3, 0.4) is 0 Å². The predicted molar refractivity (Wildman–Crippen MR) is 127 cm³/mol. The lowest BCUT2D eigenvalue weighted by molar-refractivity contribution is -0.127. The van der Waals surface area contributed by atoms with E-state index in [1.165, 1.54) is 6.08 Å². The summed E-state index contributed by atoms with van der Waals surface area (Å²) < 4.78 is 5.77. The van der Waals surface area contributed by atoms with E-state index in [9.17, 15) is 14.4 Å². The molecule has 0 radical (unpaired) electrons. The molecule has 1 aromatic heterocycles. The Kier molecular flexibility index (Phi) is 6.41. The average Bonchev–Trinajstić information content (AvgIpc) is 3.32. The van der Waals surface area contributed by atoms with Gasteiger partial charge in [0.1, 0.15) is 18.1 Å². The summed E-state index contributed by atoms with van der Waals surface area (Å²) in [4.78, 5) is 38.5. The molecule has 0 spiro atoms. The van der Waals surface area contributed by atoms with Crippen LogP contribution in [0.4, 0.5) is 10.5 Å². The molecule has 3 amide bonds. The van der Waals surface area contributed by atoms with Crippen LogP contribution in [0, 0.1) is 6.92 Å². The van der Waals surface area contributed by atoms with Gasteiger partial charge in [-0.1, -0.05) is 41.4 Å². The number of carbonyl (C=O) groups excluding carboxylic acids is 3. The van der Waals surface area contributed by atoms with Crippen molar-refractivity contribution in [3.63, 3.8) is 0 Å². The van der Waals surface area contributed by atoms with E-state index >= 15 is 0 Å². The molecular formula is C23H16Cl2N2O4S. The number of amides is 3. The summed E-state index contributed by atoms with van der Waals surface area (Å²) in [7, 11) is 0. The van der Waals surface area contributed by atoms with Gasteiger partial charge in [0, 0.05) is 22.3 Å². The first-order valence-corrected chi connectivity index (χ1v) is 11.0. The summed E-state index contributed by atoms with van der Waals surface area (Å²) in [6.07, 6.45) is 1.46. The first kappa shape index (κ1) is 22.2. The third-order valence-electron chi connectivity index (χ3n) is 4.69. The first-order chi connectivity index (χ1) is 15.3. The summed E-state index contributed by atoms with van der Waals surface area (Å²) in [5.74, 6) is -0.177. The van der Waals surface area contributed by atoms with Gasteiger partial charge in [-0.2, -0.15) is 0 Å². The highest BCUT2D eigenvalue weighted by atomic mass is 35.5. The van der Waals surface area contributed by atoms with Crippen LogP contribution in [0.15, 0.2) is 63.9 Å². The van der Waals surface area contributed by atoms with Crippen molar-refractivity contribution in [2.45, 2.75) is 6.92 Å². The smallest absolute Gasteiger partial charge is 0.294 e. The Bertz CT molecular complexity index is 1270. The Morgan fingerprint density at radius 2 is 1.91 bits per heavy atom. The minimum Gasteiger partial charge on any atom is -0.457 e. The lowest BCUT2D eigenvalue weighted by atomic mass is 10.2. The van der Waals surface area contributed by atoms with Crippen molar-refractivity contribution in [1.29, 1.82) is 0 Å². The van der Waals surface area contributed by atoms with Gasteiger partial charge in [-0.05, 0) is 60.6 Å². The van der Waals surface area contributed by atoms with Gasteiger partial charge in [0.25, 0.3) is 11.1 Å². The molecule has 1 N–H and O–H groups in total. The highest BCUT2D eigenvalue weighted by molar-refractivity contribution is 8.18.